The third-order valence-corrected chi connectivity index (χ3v) is 6.66. The van der Waals surface area contributed by atoms with E-state index in [4.69, 9.17) is 5.73 Å². The number of H-pyrrole nitrogens is 1. The summed E-state index contributed by atoms with van der Waals surface area (Å²) >= 11 is 0. The minimum absolute atomic E-state index is 0.248. The van der Waals surface area contributed by atoms with Crippen molar-refractivity contribution >= 4 is 22.8 Å². The maximum Gasteiger partial charge on any atom is 0.314 e. The molecule has 2 aliphatic rings. The normalized spacial score (nSPS) is 18.8. The van der Waals surface area contributed by atoms with Gasteiger partial charge >= 0.3 is 6.03 Å². The fraction of sp³-hybridized carbons (Fsp3) is 0.591. The molecule has 1 aromatic heterocycles. The molecule has 0 saturated carbocycles. The number of aromatic amines is 1. The zero-order chi connectivity index (χ0) is 21.1. The first-order valence-corrected chi connectivity index (χ1v) is 11.1. The fourth-order valence-electron chi connectivity index (χ4n) is 4.82. The Kier molecular flexibility index (Phi) is 6.22. The Morgan fingerprint density at radius 3 is 2.50 bits per heavy atom. The van der Waals surface area contributed by atoms with E-state index in [1.807, 2.05) is 11.1 Å². The van der Waals surface area contributed by atoms with Crippen LogP contribution in [0.2, 0.25) is 0 Å². The summed E-state index contributed by atoms with van der Waals surface area (Å²) < 4.78 is 0. The maximum atomic E-state index is 12.8. The summed E-state index contributed by atoms with van der Waals surface area (Å²) in [5, 5.41) is 8.34. The summed E-state index contributed by atoms with van der Waals surface area (Å²) in [4.78, 5) is 30.2. The van der Waals surface area contributed by atoms with E-state index in [9.17, 15) is 9.59 Å². The first-order chi connectivity index (χ1) is 14.5. The molecule has 0 unspecified atom stereocenters. The van der Waals surface area contributed by atoms with Crippen molar-refractivity contribution in [3.05, 3.63) is 29.5 Å². The monoisotopic (exact) mass is 412 g/mol. The molecule has 0 aliphatic carbocycles. The van der Waals surface area contributed by atoms with Crippen LogP contribution in [-0.2, 0) is 17.6 Å². The largest absolute Gasteiger partial charge is 0.351 e. The van der Waals surface area contributed by atoms with E-state index in [-0.39, 0.29) is 11.9 Å². The number of amides is 3. The molecule has 8 nitrogen and oxygen atoms in total. The standard InChI is InChI=1S/C22H32N6O2/c1-2-17-13-16(14-18-15-24-25-21(17)18)3-4-20(29)27-7-5-19(6-8-27)26-9-11-28(12-10-26)22(23)30/h13-15,19H,2-12H2,1H3,(H2,23,30)(H,24,25). The van der Waals surface area contributed by atoms with E-state index in [2.05, 4.69) is 34.2 Å². The van der Waals surface area contributed by atoms with Gasteiger partial charge < -0.3 is 15.5 Å². The number of hydrogen-bond acceptors (Lipinski definition) is 4. The minimum atomic E-state index is -0.326. The third kappa shape index (κ3) is 4.43. The van der Waals surface area contributed by atoms with Crippen LogP contribution in [0.1, 0.15) is 37.3 Å². The predicted octanol–water partition coefficient (Wildman–Crippen LogP) is 1.75. The van der Waals surface area contributed by atoms with Crippen LogP contribution in [0.5, 0.6) is 0 Å². The number of carbonyl (C=O) groups is 2. The molecule has 0 bridgehead atoms. The molecule has 2 aliphatic heterocycles. The summed E-state index contributed by atoms with van der Waals surface area (Å²) in [5.41, 5.74) is 8.93. The van der Waals surface area contributed by atoms with Crippen molar-refractivity contribution in [1.82, 2.24) is 24.9 Å². The molecule has 2 saturated heterocycles. The molecule has 0 radical (unpaired) electrons. The van der Waals surface area contributed by atoms with Crippen molar-refractivity contribution in [2.75, 3.05) is 39.3 Å². The maximum absolute atomic E-state index is 12.8. The van der Waals surface area contributed by atoms with Gasteiger partial charge in [-0.3, -0.25) is 14.8 Å². The van der Waals surface area contributed by atoms with Crippen LogP contribution in [0.25, 0.3) is 10.9 Å². The number of piperazine rings is 1. The van der Waals surface area contributed by atoms with Crippen LogP contribution in [0.15, 0.2) is 18.3 Å². The van der Waals surface area contributed by atoms with E-state index in [1.165, 1.54) is 11.1 Å². The van der Waals surface area contributed by atoms with Crippen molar-refractivity contribution in [2.45, 2.75) is 45.1 Å². The number of hydrogen-bond donors (Lipinski definition) is 2. The molecular formula is C22H32N6O2. The molecule has 2 fully saturated rings. The Hall–Kier alpha value is -2.61. The minimum Gasteiger partial charge on any atom is -0.351 e. The third-order valence-electron chi connectivity index (χ3n) is 6.66. The number of urea groups is 1. The van der Waals surface area contributed by atoms with Crippen LogP contribution in [0, 0.1) is 0 Å². The van der Waals surface area contributed by atoms with Gasteiger partial charge in [-0.1, -0.05) is 13.0 Å². The number of aryl methyl sites for hydroxylation is 2. The lowest BCUT2D eigenvalue weighted by Gasteiger charge is -2.42. The summed E-state index contributed by atoms with van der Waals surface area (Å²) in [7, 11) is 0. The molecule has 8 heteroatoms. The van der Waals surface area contributed by atoms with Gasteiger partial charge in [0.15, 0.2) is 0 Å². The number of aromatic nitrogens is 2. The molecular weight excluding hydrogens is 380 g/mol. The van der Waals surface area contributed by atoms with Crippen LogP contribution in [0.4, 0.5) is 4.79 Å². The lowest BCUT2D eigenvalue weighted by molar-refractivity contribution is -0.132. The lowest BCUT2D eigenvalue weighted by Crippen LogP contribution is -2.55. The van der Waals surface area contributed by atoms with Gasteiger partial charge in [0, 0.05) is 57.1 Å². The van der Waals surface area contributed by atoms with Crippen LogP contribution < -0.4 is 5.73 Å². The Bertz CT molecular complexity index is 894. The van der Waals surface area contributed by atoms with Crippen molar-refractivity contribution in [3.63, 3.8) is 0 Å². The van der Waals surface area contributed by atoms with Crippen molar-refractivity contribution in [1.29, 1.82) is 0 Å². The number of nitrogens with zero attached hydrogens (tertiary/aromatic N) is 4. The molecule has 1 aromatic carbocycles. The van der Waals surface area contributed by atoms with Gasteiger partial charge in [0.25, 0.3) is 0 Å². The van der Waals surface area contributed by atoms with Gasteiger partial charge in [0.1, 0.15) is 0 Å². The first-order valence-electron chi connectivity index (χ1n) is 11.1. The van der Waals surface area contributed by atoms with Gasteiger partial charge in [-0.15, -0.1) is 0 Å². The van der Waals surface area contributed by atoms with Crippen LogP contribution in [0.3, 0.4) is 0 Å². The SMILES string of the molecule is CCc1cc(CCC(=O)N2CCC(N3CCN(C(N)=O)CC3)CC2)cc2cn[nH]c12. The van der Waals surface area contributed by atoms with E-state index in [0.717, 1.165) is 62.8 Å². The van der Waals surface area contributed by atoms with Gasteiger partial charge in [0.05, 0.1) is 11.7 Å². The second kappa shape index (κ2) is 9.04. The number of nitrogens with two attached hydrogens (primary N) is 1. The number of benzene rings is 1. The fourth-order valence-corrected chi connectivity index (χ4v) is 4.82. The highest BCUT2D eigenvalue weighted by Crippen LogP contribution is 2.22. The van der Waals surface area contributed by atoms with Gasteiger partial charge in [-0.2, -0.15) is 5.10 Å². The molecule has 3 heterocycles. The predicted molar refractivity (Wildman–Crippen MR) is 116 cm³/mol. The number of fused-ring (bicyclic) bond motifs is 1. The molecule has 162 valence electrons. The van der Waals surface area contributed by atoms with Crippen LogP contribution in [-0.4, -0.2) is 82.1 Å². The zero-order valence-corrected chi connectivity index (χ0v) is 17.8. The van der Waals surface area contributed by atoms with Gasteiger partial charge in [0.2, 0.25) is 5.91 Å². The van der Waals surface area contributed by atoms with E-state index >= 15 is 0 Å². The van der Waals surface area contributed by atoms with Crippen molar-refractivity contribution in [3.8, 4) is 0 Å². The average molecular weight is 413 g/mol. The highest BCUT2D eigenvalue weighted by atomic mass is 16.2. The summed E-state index contributed by atoms with van der Waals surface area (Å²) in [6.45, 7) is 6.93. The zero-order valence-electron chi connectivity index (χ0n) is 17.8. The first kappa shape index (κ1) is 20.7. The number of nitrogens with one attached hydrogen (secondary N) is 1. The Labute approximate surface area is 177 Å². The summed E-state index contributed by atoms with van der Waals surface area (Å²) in [5.74, 6) is 0.248. The number of carbonyl (C=O) groups excluding carboxylic acids is 2. The number of rotatable bonds is 5. The van der Waals surface area contributed by atoms with Crippen molar-refractivity contribution < 1.29 is 9.59 Å². The van der Waals surface area contributed by atoms with Crippen molar-refractivity contribution in [2.24, 2.45) is 5.73 Å². The molecule has 0 atom stereocenters. The number of piperidine rings is 1. The lowest BCUT2D eigenvalue weighted by atomic mass is 10.00. The number of primary amides is 1. The number of likely N-dealkylation sites (tertiary alicyclic amines) is 1. The van der Waals surface area contributed by atoms with E-state index in [1.54, 1.807) is 4.90 Å². The molecule has 30 heavy (non-hydrogen) atoms. The Balaban J connectivity index is 1.25. The van der Waals surface area contributed by atoms with Gasteiger partial charge in [-0.05, 0) is 42.9 Å². The highest BCUT2D eigenvalue weighted by molar-refractivity contribution is 5.82. The summed E-state index contributed by atoms with van der Waals surface area (Å²) in [6, 6.07) is 4.52. The topological polar surface area (TPSA) is 98.6 Å². The van der Waals surface area contributed by atoms with E-state index in [0.29, 0.717) is 25.6 Å². The smallest absolute Gasteiger partial charge is 0.314 e. The average Bonchev–Trinajstić information content (AvgIpc) is 3.26. The second-order valence-corrected chi connectivity index (χ2v) is 8.42. The highest BCUT2D eigenvalue weighted by Gasteiger charge is 2.29. The Morgan fingerprint density at radius 2 is 1.83 bits per heavy atom. The summed E-state index contributed by atoms with van der Waals surface area (Å²) in [6.07, 6.45) is 6.12. The molecule has 4 rings (SSSR count). The second-order valence-electron chi connectivity index (χ2n) is 8.42. The Morgan fingerprint density at radius 1 is 1.10 bits per heavy atom. The molecule has 3 amide bonds. The molecule has 2 aromatic rings. The quantitative estimate of drug-likeness (QED) is 0.782. The van der Waals surface area contributed by atoms with Gasteiger partial charge in [-0.25, -0.2) is 4.79 Å². The molecule has 3 N–H and O–H groups in total. The van der Waals surface area contributed by atoms with Crippen LogP contribution >= 0.6 is 0 Å². The molecule has 0 spiro atoms. The van der Waals surface area contributed by atoms with E-state index < -0.39 is 0 Å².